The van der Waals surface area contributed by atoms with Crippen molar-refractivity contribution in [3.8, 4) is 0 Å². The number of nitrogens with one attached hydrogen (secondary N) is 2. The highest BCUT2D eigenvalue weighted by Gasteiger charge is 2.09. The quantitative estimate of drug-likeness (QED) is 0.267. The van der Waals surface area contributed by atoms with E-state index < -0.39 is 0 Å². The Morgan fingerprint density at radius 2 is 2.42 bits per heavy atom. The van der Waals surface area contributed by atoms with Crippen LogP contribution in [0, 0.1) is 0 Å². The molecule has 0 saturated carbocycles. The number of hydroxylamine groups is 1. The monoisotopic (exact) mass is 193 g/mol. The summed E-state index contributed by atoms with van der Waals surface area (Å²) < 4.78 is 0. The standard InChI is InChI=1S/C6H15N3O2S/c1-2-3-5(10)9-6(12-7)4-8-11/h6,8,11H,2-4,7H2,1H3,(H,9,10). The third kappa shape index (κ3) is 5.36. The average molecular weight is 193 g/mol. The molecule has 6 heteroatoms. The van der Waals surface area contributed by atoms with E-state index in [9.17, 15) is 4.79 Å². The molecule has 0 aromatic carbocycles. The summed E-state index contributed by atoms with van der Waals surface area (Å²) in [6.07, 6.45) is 1.29. The van der Waals surface area contributed by atoms with Gasteiger partial charge >= 0.3 is 0 Å². The number of hydrogen-bond acceptors (Lipinski definition) is 5. The van der Waals surface area contributed by atoms with E-state index >= 15 is 0 Å². The van der Waals surface area contributed by atoms with Gasteiger partial charge in [-0.2, -0.15) is 0 Å². The molecule has 0 heterocycles. The van der Waals surface area contributed by atoms with E-state index in [0.717, 1.165) is 18.4 Å². The van der Waals surface area contributed by atoms with Crippen LogP contribution in [0.4, 0.5) is 0 Å². The molecule has 5 nitrogen and oxygen atoms in total. The molecule has 0 fully saturated rings. The minimum absolute atomic E-state index is 0.0456. The summed E-state index contributed by atoms with van der Waals surface area (Å²) in [6.45, 7) is 2.17. The van der Waals surface area contributed by atoms with E-state index in [1.807, 2.05) is 12.4 Å². The number of nitrogens with two attached hydrogens (primary N) is 1. The van der Waals surface area contributed by atoms with Gasteiger partial charge in [0.05, 0.1) is 6.54 Å². The Morgan fingerprint density at radius 1 is 1.75 bits per heavy atom. The highest BCUT2D eigenvalue weighted by molar-refractivity contribution is 7.97. The summed E-state index contributed by atoms with van der Waals surface area (Å²) >= 11 is 0.994. The van der Waals surface area contributed by atoms with E-state index in [1.165, 1.54) is 0 Å². The fraction of sp³-hybridized carbons (Fsp3) is 0.833. The van der Waals surface area contributed by atoms with Gasteiger partial charge in [0.2, 0.25) is 5.91 Å². The maximum atomic E-state index is 11.0. The van der Waals surface area contributed by atoms with Gasteiger partial charge in [0.1, 0.15) is 5.37 Å². The van der Waals surface area contributed by atoms with Crippen molar-refractivity contribution in [3.63, 3.8) is 0 Å². The molecule has 12 heavy (non-hydrogen) atoms. The maximum Gasteiger partial charge on any atom is 0.220 e. The van der Waals surface area contributed by atoms with Gasteiger partial charge in [-0.15, -0.1) is 0 Å². The van der Waals surface area contributed by atoms with E-state index in [4.69, 9.17) is 10.3 Å². The molecule has 0 rings (SSSR count). The summed E-state index contributed by atoms with van der Waals surface area (Å²) in [5.41, 5.74) is 1.95. The Labute approximate surface area is 76.2 Å². The van der Waals surface area contributed by atoms with Crippen molar-refractivity contribution in [1.82, 2.24) is 10.8 Å². The van der Waals surface area contributed by atoms with E-state index in [1.54, 1.807) is 0 Å². The number of carbonyl (C=O) groups is 1. The van der Waals surface area contributed by atoms with Crippen molar-refractivity contribution < 1.29 is 10.0 Å². The Balaban J connectivity index is 3.61. The normalized spacial score (nSPS) is 12.6. The van der Waals surface area contributed by atoms with E-state index in [2.05, 4.69) is 5.32 Å². The fourth-order valence-corrected chi connectivity index (χ4v) is 1.07. The van der Waals surface area contributed by atoms with Gasteiger partial charge < -0.3 is 10.5 Å². The summed E-state index contributed by atoms with van der Waals surface area (Å²) in [5, 5.41) is 16.0. The smallest absolute Gasteiger partial charge is 0.220 e. The second-order valence-corrected chi connectivity index (χ2v) is 3.15. The molecule has 0 aliphatic carbocycles. The van der Waals surface area contributed by atoms with Crippen molar-refractivity contribution >= 4 is 17.9 Å². The van der Waals surface area contributed by atoms with Gasteiger partial charge in [0, 0.05) is 6.42 Å². The maximum absolute atomic E-state index is 11.0. The number of rotatable bonds is 6. The molecule has 0 aromatic heterocycles. The predicted molar refractivity (Wildman–Crippen MR) is 48.4 cm³/mol. The van der Waals surface area contributed by atoms with Crippen molar-refractivity contribution in [2.75, 3.05) is 6.54 Å². The topological polar surface area (TPSA) is 87.4 Å². The van der Waals surface area contributed by atoms with E-state index in [0.29, 0.717) is 6.42 Å². The Kier molecular flexibility index (Phi) is 7.17. The lowest BCUT2D eigenvalue weighted by atomic mass is 10.3. The van der Waals surface area contributed by atoms with Gasteiger partial charge in [-0.05, 0) is 6.42 Å². The van der Waals surface area contributed by atoms with Crippen LogP contribution in [0.2, 0.25) is 0 Å². The lowest BCUT2D eigenvalue weighted by Crippen LogP contribution is -2.39. The Morgan fingerprint density at radius 3 is 2.83 bits per heavy atom. The van der Waals surface area contributed by atoms with Crippen LogP contribution in [0.15, 0.2) is 0 Å². The molecule has 0 bridgehead atoms. The SMILES string of the molecule is CCCC(=O)NC(CNO)SN. The first-order valence-corrected chi connectivity index (χ1v) is 4.70. The van der Waals surface area contributed by atoms with E-state index in [-0.39, 0.29) is 17.8 Å². The van der Waals surface area contributed by atoms with Crippen LogP contribution in [-0.4, -0.2) is 23.0 Å². The fourth-order valence-electron chi connectivity index (χ4n) is 0.695. The van der Waals surface area contributed by atoms with Gasteiger partial charge in [-0.1, -0.05) is 18.9 Å². The molecule has 0 aromatic rings. The van der Waals surface area contributed by atoms with Crippen LogP contribution >= 0.6 is 11.9 Å². The van der Waals surface area contributed by atoms with Crippen LogP contribution in [0.3, 0.4) is 0 Å². The van der Waals surface area contributed by atoms with Crippen molar-refractivity contribution in [3.05, 3.63) is 0 Å². The molecule has 0 aliphatic heterocycles. The average Bonchev–Trinajstić information content (AvgIpc) is 2.04. The first-order chi connectivity index (χ1) is 5.74. The molecule has 0 saturated heterocycles. The Bertz CT molecular complexity index is 134. The molecule has 1 unspecified atom stereocenters. The zero-order valence-electron chi connectivity index (χ0n) is 7.04. The molecule has 1 amide bonds. The molecule has 72 valence electrons. The van der Waals surface area contributed by atoms with Crippen LogP contribution in [0.25, 0.3) is 0 Å². The summed E-state index contributed by atoms with van der Waals surface area (Å²) in [7, 11) is 0. The lowest BCUT2D eigenvalue weighted by molar-refractivity contribution is -0.121. The Hall–Kier alpha value is -0.300. The summed E-state index contributed by atoms with van der Waals surface area (Å²) in [5.74, 6) is -0.0456. The predicted octanol–water partition coefficient (Wildman–Crippen LogP) is -0.185. The third-order valence-electron chi connectivity index (χ3n) is 1.24. The number of carbonyl (C=O) groups excluding carboxylic acids is 1. The minimum atomic E-state index is -0.269. The van der Waals surface area contributed by atoms with Crippen molar-refractivity contribution in [1.29, 1.82) is 0 Å². The number of amides is 1. The summed E-state index contributed by atoms with van der Waals surface area (Å²) in [4.78, 5) is 11.0. The van der Waals surface area contributed by atoms with Crippen molar-refractivity contribution in [2.24, 2.45) is 5.14 Å². The first-order valence-electron chi connectivity index (χ1n) is 3.76. The number of hydrogen-bond donors (Lipinski definition) is 4. The van der Waals surface area contributed by atoms with Crippen molar-refractivity contribution in [2.45, 2.75) is 25.1 Å². The molecular weight excluding hydrogens is 178 g/mol. The van der Waals surface area contributed by atoms with Gasteiger partial charge in [0.25, 0.3) is 0 Å². The second kappa shape index (κ2) is 7.35. The molecular formula is C6H15N3O2S. The third-order valence-corrected chi connectivity index (χ3v) is 1.85. The van der Waals surface area contributed by atoms with Crippen LogP contribution < -0.4 is 15.9 Å². The largest absolute Gasteiger partial charge is 0.342 e. The van der Waals surface area contributed by atoms with Crippen LogP contribution in [-0.2, 0) is 4.79 Å². The lowest BCUT2D eigenvalue weighted by Gasteiger charge is -2.14. The highest BCUT2D eigenvalue weighted by Crippen LogP contribution is 1.97. The highest BCUT2D eigenvalue weighted by atomic mass is 32.2. The van der Waals surface area contributed by atoms with Gasteiger partial charge in [-0.25, -0.2) is 5.48 Å². The van der Waals surface area contributed by atoms with Gasteiger partial charge in [-0.3, -0.25) is 9.93 Å². The molecule has 5 N–H and O–H groups in total. The van der Waals surface area contributed by atoms with Crippen LogP contribution in [0.5, 0.6) is 0 Å². The zero-order chi connectivity index (χ0) is 9.40. The molecule has 0 spiro atoms. The van der Waals surface area contributed by atoms with Crippen LogP contribution in [0.1, 0.15) is 19.8 Å². The summed E-state index contributed by atoms with van der Waals surface area (Å²) in [6, 6.07) is 0. The first kappa shape index (κ1) is 11.7. The second-order valence-electron chi connectivity index (χ2n) is 2.30. The zero-order valence-corrected chi connectivity index (χ0v) is 7.86. The molecule has 1 atom stereocenters. The molecule has 0 radical (unpaired) electrons. The van der Waals surface area contributed by atoms with Gasteiger partial charge in [0.15, 0.2) is 0 Å². The minimum Gasteiger partial charge on any atom is -0.342 e. The molecule has 0 aliphatic rings.